The zero-order chi connectivity index (χ0) is 18.7. The fraction of sp³-hybridized carbons (Fsp3) is 0.222. The van der Waals surface area contributed by atoms with Gasteiger partial charge in [-0.25, -0.2) is 0 Å². The maximum Gasteiger partial charge on any atom is 0.293 e. The van der Waals surface area contributed by atoms with E-state index in [1.54, 1.807) is 36.5 Å². The lowest BCUT2D eigenvalue weighted by atomic mass is 10.2. The average Bonchev–Trinajstić information content (AvgIpc) is 3.15. The van der Waals surface area contributed by atoms with E-state index < -0.39 is 4.92 Å². The van der Waals surface area contributed by atoms with Crippen LogP contribution in [0.25, 0.3) is 6.08 Å². The van der Waals surface area contributed by atoms with Gasteiger partial charge in [-0.3, -0.25) is 24.6 Å². The lowest BCUT2D eigenvalue weighted by Crippen LogP contribution is -2.28. The van der Waals surface area contributed by atoms with E-state index in [0.717, 1.165) is 11.8 Å². The molecule has 2 heterocycles. The molecule has 134 valence electrons. The van der Waals surface area contributed by atoms with Crippen LogP contribution in [0.2, 0.25) is 0 Å². The van der Waals surface area contributed by atoms with Crippen molar-refractivity contribution in [3.8, 4) is 0 Å². The summed E-state index contributed by atoms with van der Waals surface area (Å²) in [5.74, 6) is -0.291. The molecule has 2 aromatic rings. The van der Waals surface area contributed by atoms with E-state index in [0.29, 0.717) is 35.7 Å². The topological polar surface area (TPSA) is 85.4 Å². The SMILES string of the molecule is CCCN1C(=O)S/C(=C/c2cccn2Cc2ccccc2[N+](=O)[O-])C1=O. The molecule has 0 unspecified atom stereocenters. The molecule has 0 radical (unpaired) electrons. The summed E-state index contributed by atoms with van der Waals surface area (Å²) in [5.41, 5.74) is 1.34. The number of nitro groups is 1. The molecule has 0 spiro atoms. The predicted molar refractivity (Wildman–Crippen MR) is 99.6 cm³/mol. The standard InChI is InChI=1S/C18H17N3O4S/c1-2-9-20-17(22)16(26-18(20)23)11-14-7-5-10-19(14)12-13-6-3-4-8-15(13)21(24)25/h3-8,10-11H,2,9,12H2,1H3/b16-11+. The van der Waals surface area contributed by atoms with Gasteiger partial charge in [-0.2, -0.15) is 0 Å². The first-order chi connectivity index (χ1) is 12.5. The number of carbonyl (C=O) groups is 2. The molecule has 1 saturated heterocycles. The number of para-hydroxylation sites is 1. The molecule has 26 heavy (non-hydrogen) atoms. The Morgan fingerprint density at radius 1 is 1.19 bits per heavy atom. The first kappa shape index (κ1) is 17.9. The predicted octanol–water partition coefficient (Wildman–Crippen LogP) is 3.89. The molecule has 0 bridgehead atoms. The van der Waals surface area contributed by atoms with E-state index in [4.69, 9.17) is 0 Å². The number of aromatic nitrogens is 1. The highest BCUT2D eigenvalue weighted by Crippen LogP contribution is 2.32. The van der Waals surface area contributed by atoms with Crippen molar-refractivity contribution in [3.05, 3.63) is 68.9 Å². The van der Waals surface area contributed by atoms with Crippen LogP contribution in [0.5, 0.6) is 0 Å². The van der Waals surface area contributed by atoms with Crippen LogP contribution < -0.4 is 0 Å². The van der Waals surface area contributed by atoms with Gasteiger partial charge in [-0.1, -0.05) is 25.1 Å². The smallest absolute Gasteiger partial charge is 0.293 e. The van der Waals surface area contributed by atoms with Crippen molar-refractivity contribution in [2.45, 2.75) is 19.9 Å². The van der Waals surface area contributed by atoms with Gasteiger partial charge in [0.2, 0.25) is 0 Å². The molecular weight excluding hydrogens is 354 g/mol. The molecule has 0 aliphatic carbocycles. The molecule has 0 N–H and O–H groups in total. The lowest BCUT2D eigenvalue weighted by molar-refractivity contribution is -0.385. The Bertz CT molecular complexity index is 903. The van der Waals surface area contributed by atoms with Crippen LogP contribution in [0.15, 0.2) is 47.5 Å². The van der Waals surface area contributed by atoms with Crippen molar-refractivity contribution in [2.75, 3.05) is 6.54 Å². The molecule has 3 rings (SSSR count). The second kappa shape index (κ2) is 7.57. The number of nitrogens with zero attached hydrogens (tertiary/aromatic N) is 3. The Morgan fingerprint density at radius 3 is 2.69 bits per heavy atom. The fourth-order valence-electron chi connectivity index (χ4n) is 2.76. The molecule has 1 aliphatic heterocycles. The third-order valence-electron chi connectivity index (χ3n) is 3.99. The number of hydrogen-bond acceptors (Lipinski definition) is 5. The van der Waals surface area contributed by atoms with Crippen LogP contribution in [0.1, 0.15) is 24.6 Å². The summed E-state index contributed by atoms with van der Waals surface area (Å²) in [5, 5.41) is 10.9. The molecule has 1 aromatic heterocycles. The number of hydrogen-bond donors (Lipinski definition) is 0. The normalized spacial score (nSPS) is 15.9. The number of nitro benzene ring substituents is 1. The van der Waals surface area contributed by atoms with Gasteiger partial charge in [0, 0.05) is 30.1 Å². The summed E-state index contributed by atoms with van der Waals surface area (Å²) in [6.45, 7) is 2.61. The van der Waals surface area contributed by atoms with E-state index in [1.807, 2.05) is 17.6 Å². The van der Waals surface area contributed by atoms with E-state index in [1.165, 1.54) is 11.0 Å². The second-order valence-electron chi connectivity index (χ2n) is 5.78. The van der Waals surface area contributed by atoms with Crippen molar-refractivity contribution >= 4 is 34.7 Å². The van der Waals surface area contributed by atoms with Gasteiger partial charge in [0.05, 0.1) is 16.4 Å². The highest BCUT2D eigenvalue weighted by Gasteiger charge is 2.34. The van der Waals surface area contributed by atoms with Crippen molar-refractivity contribution in [3.63, 3.8) is 0 Å². The molecule has 7 nitrogen and oxygen atoms in total. The minimum atomic E-state index is -0.408. The lowest BCUT2D eigenvalue weighted by Gasteiger charge is -2.10. The van der Waals surface area contributed by atoms with E-state index in [-0.39, 0.29) is 16.8 Å². The molecule has 2 amide bonds. The third-order valence-corrected chi connectivity index (χ3v) is 4.90. The maximum absolute atomic E-state index is 12.4. The van der Waals surface area contributed by atoms with Gasteiger partial charge in [0.15, 0.2) is 0 Å². The number of thioether (sulfide) groups is 1. The second-order valence-corrected chi connectivity index (χ2v) is 6.77. The third kappa shape index (κ3) is 3.55. The summed E-state index contributed by atoms with van der Waals surface area (Å²) in [7, 11) is 0. The van der Waals surface area contributed by atoms with Gasteiger partial charge >= 0.3 is 0 Å². The first-order valence-corrected chi connectivity index (χ1v) is 8.95. The summed E-state index contributed by atoms with van der Waals surface area (Å²) < 4.78 is 1.82. The number of amides is 2. The molecule has 1 aliphatic rings. The Balaban J connectivity index is 1.88. The molecule has 1 fully saturated rings. The van der Waals surface area contributed by atoms with Crippen LogP contribution in [0.4, 0.5) is 10.5 Å². The van der Waals surface area contributed by atoms with Gasteiger partial charge in [-0.15, -0.1) is 0 Å². The first-order valence-electron chi connectivity index (χ1n) is 8.14. The summed E-state index contributed by atoms with van der Waals surface area (Å²) in [6.07, 6.45) is 4.16. The van der Waals surface area contributed by atoms with Crippen molar-refractivity contribution < 1.29 is 14.5 Å². The molecule has 1 aromatic carbocycles. The molecular formula is C18H17N3O4S. The van der Waals surface area contributed by atoms with E-state index >= 15 is 0 Å². The van der Waals surface area contributed by atoms with Crippen LogP contribution >= 0.6 is 11.8 Å². The van der Waals surface area contributed by atoms with E-state index in [9.17, 15) is 19.7 Å². The van der Waals surface area contributed by atoms with Crippen LogP contribution in [-0.4, -0.2) is 32.1 Å². The fourth-order valence-corrected chi connectivity index (χ4v) is 3.61. The van der Waals surface area contributed by atoms with Crippen LogP contribution in [0, 0.1) is 10.1 Å². The number of benzene rings is 1. The minimum absolute atomic E-state index is 0.0513. The zero-order valence-electron chi connectivity index (χ0n) is 14.1. The zero-order valence-corrected chi connectivity index (χ0v) is 14.9. The summed E-state index contributed by atoms with van der Waals surface area (Å²) in [6, 6.07) is 10.2. The number of imide groups is 1. The quantitative estimate of drug-likeness (QED) is 0.437. The summed E-state index contributed by atoms with van der Waals surface area (Å²) >= 11 is 0.920. The van der Waals surface area contributed by atoms with E-state index in [2.05, 4.69) is 0 Å². The number of rotatable bonds is 6. The molecule has 0 saturated carbocycles. The Hall–Kier alpha value is -2.87. The van der Waals surface area contributed by atoms with Gasteiger partial charge in [0.25, 0.3) is 16.8 Å². The summed E-state index contributed by atoms with van der Waals surface area (Å²) in [4.78, 5) is 36.7. The Labute approximate surface area is 154 Å². The largest absolute Gasteiger partial charge is 0.343 e. The highest BCUT2D eigenvalue weighted by atomic mass is 32.2. The molecule has 0 atom stereocenters. The van der Waals surface area contributed by atoms with Crippen LogP contribution in [0.3, 0.4) is 0 Å². The Morgan fingerprint density at radius 2 is 1.96 bits per heavy atom. The highest BCUT2D eigenvalue weighted by molar-refractivity contribution is 8.18. The van der Waals surface area contributed by atoms with Gasteiger partial charge < -0.3 is 4.57 Å². The van der Waals surface area contributed by atoms with Crippen molar-refractivity contribution in [1.29, 1.82) is 0 Å². The monoisotopic (exact) mass is 371 g/mol. The van der Waals surface area contributed by atoms with Gasteiger partial charge in [0.1, 0.15) is 0 Å². The Kier molecular flexibility index (Phi) is 5.22. The van der Waals surface area contributed by atoms with Gasteiger partial charge in [-0.05, 0) is 36.4 Å². The molecule has 8 heteroatoms. The van der Waals surface area contributed by atoms with Crippen molar-refractivity contribution in [2.24, 2.45) is 0 Å². The maximum atomic E-state index is 12.4. The average molecular weight is 371 g/mol. The minimum Gasteiger partial charge on any atom is -0.343 e. The van der Waals surface area contributed by atoms with Crippen LogP contribution in [-0.2, 0) is 11.3 Å². The number of carbonyl (C=O) groups excluding carboxylic acids is 2. The van der Waals surface area contributed by atoms with Crippen molar-refractivity contribution in [1.82, 2.24) is 9.47 Å².